The molecule has 12 heavy (non-hydrogen) atoms. The van der Waals surface area contributed by atoms with E-state index in [0.29, 0.717) is 0 Å². The monoisotopic (exact) mass is 169 g/mol. The van der Waals surface area contributed by atoms with E-state index in [0.717, 1.165) is 12.1 Å². The highest BCUT2D eigenvalue weighted by Crippen LogP contribution is 2.16. The summed E-state index contributed by atoms with van der Waals surface area (Å²) in [6, 6.07) is 1.84. The Labute approximate surface area is 72.4 Å². The number of aliphatic hydroxyl groups is 1. The van der Waals surface area contributed by atoms with Gasteiger partial charge in [-0.2, -0.15) is 0 Å². The average Bonchev–Trinajstić information content (AvgIpc) is 2.55. The number of aliphatic hydroxyl groups excluding tert-OH is 1. The van der Waals surface area contributed by atoms with Crippen LogP contribution >= 0.6 is 0 Å². The Balaban J connectivity index is 2.53. The standard InChI is InChI=1S/C9H15NO2/c1-3-10-7(2)9(11)8-4-5-12-6-8/h4-7,9-11H,3H2,1-2H3. The Kier molecular flexibility index (Phi) is 3.31. The molecule has 2 atom stereocenters. The first-order valence-corrected chi connectivity index (χ1v) is 4.19. The first-order chi connectivity index (χ1) is 5.75. The van der Waals surface area contributed by atoms with Crippen LogP contribution in [-0.2, 0) is 0 Å². The second-order valence-corrected chi connectivity index (χ2v) is 2.85. The van der Waals surface area contributed by atoms with Crippen LogP contribution in [-0.4, -0.2) is 17.7 Å². The van der Waals surface area contributed by atoms with Gasteiger partial charge in [0, 0.05) is 11.6 Å². The molecule has 0 saturated heterocycles. The third kappa shape index (κ3) is 2.09. The quantitative estimate of drug-likeness (QED) is 0.714. The first-order valence-electron chi connectivity index (χ1n) is 4.19. The number of rotatable bonds is 4. The fraction of sp³-hybridized carbons (Fsp3) is 0.556. The lowest BCUT2D eigenvalue weighted by Gasteiger charge is -2.17. The lowest BCUT2D eigenvalue weighted by Crippen LogP contribution is -2.31. The van der Waals surface area contributed by atoms with Gasteiger partial charge < -0.3 is 14.8 Å². The Morgan fingerprint density at radius 3 is 2.92 bits per heavy atom. The highest BCUT2D eigenvalue weighted by Gasteiger charge is 2.15. The second-order valence-electron chi connectivity index (χ2n) is 2.85. The minimum absolute atomic E-state index is 0.0626. The van der Waals surface area contributed by atoms with E-state index in [-0.39, 0.29) is 6.04 Å². The van der Waals surface area contributed by atoms with Gasteiger partial charge in [0.15, 0.2) is 0 Å². The molecule has 0 aliphatic heterocycles. The SMILES string of the molecule is CCNC(C)C(O)c1ccoc1. The Morgan fingerprint density at radius 1 is 1.67 bits per heavy atom. The molecule has 3 heteroatoms. The summed E-state index contributed by atoms with van der Waals surface area (Å²) in [5, 5.41) is 12.8. The molecule has 0 fully saturated rings. The van der Waals surface area contributed by atoms with Crippen LogP contribution in [0.3, 0.4) is 0 Å². The number of hydrogen-bond acceptors (Lipinski definition) is 3. The van der Waals surface area contributed by atoms with Crippen molar-refractivity contribution in [3.8, 4) is 0 Å². The van der Waals surface area contributed by atoms with Gasteiger partial charge in [-0.3, -0.25) is 0 Å². The summed E-state index contributed by atoms with van der Waals surface area (Å²) in [5.41, 5.74) is 0.823. The molecule has 1 aromatic rings. The molecule has 0 radical (unpaired) electrons. The van der Waals surface area contributed by atoms with Crippen molar-refractivity contribution >= 4 is 0 Å². The average molecular weight is 169 g/mol. The van der Waals surface area contributed by atoms with E-state index in [1.165, 1.54) is 0 Å². The maximum atomic E-state index is 9.69. The predicted octanol–water partition coefficient (Wildman–Crippen LogP) is 1.31. The Morgan fingerprint density at radius 2 is 2.42 bits per heavy atom. The summed E-state index contributed by atoms with van der Waals surface area (Å²) in [6.07, 6.45) is 2.65. The zero-order chi connectivity index (χ0) is 8.97. The summed E-state index contributed by atoms with van der Waals surface area (Å²) in [6.45, 7) is 4.82. The number of nitrogens with one attached hydrogen (secondary N) is 1. The molecule has 0 aliphatic rings. The van der Waals surface area contributed by atoms with Gasteiger partial charge in [0.1, 0.15) is 0 Å². The van der Waals surface area contributed by atoms with Crippen molar-refractivity contribution in [1.82, 2.24) is 5.32 Å². The van der Waals surface area contributed by atoms with E-state index in [9.17, 15) is 5.11 Å². The maximum absolute atomic E-state index is 9.69. The van der Waals surface area contributed by atoms with Crippen LogP contribution < -0.4 is 5.32 Å². The Bertz CT molecular complexity index is 208. The fourth-order valence-electron chi connectivity index (χ4n) is 1.17. The van der Waals surface area contributed by atoms with Gasteiger partial charge in [-0.15, -0.1) is 0 Å². The van der Waals surface area contributed by atoms with Crippen LogP contribution in [0.25, 0.3) is 0 Å². The van der Waals surface area contributed by atoms with Crippen molar-refractivity contribution in [3.63, 3.8) is 0 Å². The normalized spacial score (nSPS) is 15.9. The van der Waals surface area contributed by atoms with E-state index < -0.39 is 6.10 Å². The molecule has 1 heterocycles. The molecule has 3 nitrogen and oxygen atoms in total. The molecule has 0 saturated carbocycles. The summed E-state index contributed by atoms with van der Waals surface area (Å²) >= 11 is 0. The van der Waals surface area contributed by atoms with Gasteiger partial charge >= 0.3 is 0 Å². The Hall–Kier alpha value is -0.800. The molecule has 2 N–H and O–H groups in total. The van der Waals surface area contributed by atoms with Crippen LogP contribution in [0.5, 0.6) is 0 Å². The van der Waals surface area contributed by atoms with Gasteiger partial charge in [-0.05, 0) is 19.5 Å². The zero-order valence-electron chi connectivity index (χ0n) is 7.45. The molecule has 0 spiro atoms. The third-order valence-corrected chi connectivity index (χ3v) is 1.88. The van der Waals surface area contributed by atoms with Crippen molar-refractivity contribution in [2.75, 3.05) is 6.54 Å². The molecular formula is C9H15NO2. The fourth-order valence-corrected chi connectivity index (χ4v) is 1.17. The maximum Gasteiger partial charge on any atom is 0.0971 e. The summed E-state index contributed by atoms with van der Waals surface area (Å²) in [7, 11) is 0. The van der Waals surface area contributed by atoms with Crippen LogP contribution in [0.4, 0.5) is 0 Å². The highest BCUT2D eigenvalue weighted by molar-refractivity contribution is 5.10. The molecule has 1 aromatic heterocycles. The predicted molar refractivity (Wildman–Crippen MR) is 46.8 cm³/mol. The highest BCUT2D eigenvalue weighted by atomic mass is 16.3. The number of furan rings is 1. The minimum atomic E-state index is -0.483. The van der Waals surface area contributed by atoms with Gasteiger partial charge in [0.05, 0.1) is 18.6 Å². The third-order valence-electron chi connectivity index (χ3n) is 1.88. The van der Waals surface area contributed by atoms with Crippen LogP contribution in [0.1, 0.15) is 25.5 Å². The lowest BCUT2D eigenvalue weighted by atomic mass is 10.1. The number of likely N-dealkylation sites (N-methyl/N-ethyl adjacent to an activating group) is 1. The van der Waals surface area contributed by atoms with E-state index in [1.54, 1.807) is 18.6 Å². The molecule has 0 aromatic carbocycles. The summed E-state index contributed by atoms with van der Waals surface area (Å²) in [4.78, 5) is 0. The zero-order valence-corrected chi connectivity index (χ0v) is 7.45. The van der Waals surface area contributed by atoms with Crippen LogP contribution in [0, 0.1) is 0 Å². The van der Waals surface area contributed by atoms with Crippen LogP contribution in [0.2, 0.25) is 0 Å². The van der Waals surface area contributed by atoms with Gasteiger partial charge in [0.2, 0.25) is 0 Å². The molecule has 0 bridgehead atoms. The van der Waals surface area contributed by atoms with Gasteiger partial charge in [-0.25, -0.2) is 0 Å². The van der Waals surface area contributed by atoms with E-state index >= 15 is 0 Å². The second kappa shape index (κ2) is 4.28. The number of hydrogen-bond donors (Lipinski definition) is 2. The molecule has 0 aliphatic carbocycles. The van der Waals surface area contributed by atoms with E-state index in [4.69, 9.17) is 4.42 Å². The lowest BCUT2D eigenvalue weighted by molar-refractivity contribution is 0.136. The smallest absolute Gasteiger partial charge is 0.0971 e. The minimum Gasteiger partial charge on any atom is -0.472 e. The summed E-state index contributed by atoms with van der Waals surface area (Å²) < 4.78 is 4.88. The summed E-state index contributed by atoms with van der Waals surface area (Å²) in [5.74, 6) is 0. The van der Waals surface area contributed by atoms with Crippen molar-refractivity contribution < 1.29 is 9.52 Å². The largest absolute Gasteiger partial charge is 0.472 e. The van der Waals surface area contributed by atoms with Crippen LogP contribution in [0.15, 0.2) is 23.0 Å². The molecule has 1 rings (SSSR count). The first kappa shape index (κ1) is 9.29. The van der Waals surface area contributed by atoms with Crippen molar-refractivity contribution in [1.29, 1.82) is 0 Å². The van der Waals surface area contributed by atoms with Crippen molar-refractivity contribution in [2.24, 2.45) is 0 Å². The van der Waals surface area contributed by atoms with Crippen molar-refractivity contribution in [3.05, 3.63) is 24.2 Å². The topological polar surface area (TPSA) is 45.4 Å². The van der Waals surface area contributed by atoms with Crippen molar-refractivity contribution in [2.45, 2.75) is 26.0 Å². The molecule has 2 unspecified atom stereocenters. The van der Waals surface area contributed by atoms with Gasteiger partial charge in [0.25, 0.3) is 0 Å². The molecular weight excluding hydrogens is 154 g/mol. The van der Waals surface area contributed by atoms with E-state index in [2.05, 4.69) is 5.32 Å². The molecule has 0 amide bonds. The molecule has 68 valence electrons. The van der Waals surface area contributed by atoms with E-state index in [1.807, 2.05) is 13.8 Å². The van der Waals surface area contributed by atoms with Gasteiger partial charge in [-0.1, -0.05) is 6.92 Å².